The summed E-state index contributed by atoms with van der Waals surface area (Å²) < 4.78 is 0. The van der Waals surface area contributed by atoms with E-state index in [2.05, 4.69) is 26.1 Å². The Bertz CT molecular complexity index is 740. The summed E-state index contributed by atoms with van der Waals surface area (Å²) in [5.74, 6) is 2.96. The Kier molecular flexibility index (Phi) is 7.48. The van der Waals surface area contributed by atoms with Crippen molar-refractivity contribution in [2.75, 3.05) is 13.2 Å². The fourth-order valence-corrected chi connectivity index (χ4v) is 9.25. The van der Waals surface area contributed by atoms with Gasteiger partial charge in [0.2, 0.25) is 5.91 Å². The molecule has 0 aromatic heterocycles. The van der Waals surface area contributed by atoms with Gasteiger partial charge in [0.15, 0.2) is 0 Å². The number of amides is 1. The van der Waals surface area contributed by atoms with Crippen LogP contribution in [0.1, 0.15) is 91.9 Å². The van der Waals surface area contributed by atoms with Crippen LogP contribution >= 0.6 is 0 Å². The Morgan fingerprint density at radius 2 is 1.74 bits per heavy atom. The largest absolute Gasteiger partial charge is 0.394 e. The van der Waals surface area contributed by atoms with Crippen molar-refractivity contribution in [2.24, 2.45) is 46.3 Å². The van der Waals surface area contributed by atoms with Gasteiger partial charge in [-0.3, -0.25) is 4.79 Å². The molecule has 0 unspecified atom stereocenters. The molecule has 4 aliphatic rings. The molecule has 0 aromatic rings. The summed E-state index contributed by atoms with van der Waals surface area (Å²) >= 11 is 0. The third-order valence-corrected chi connectivity index (χ3v) is 11.5. The van der Waals surface area contributed by atoms with Crippen LogP contribution in [0.5, 0.6) is 0 Å². The van der Waals surface area contributed by atoms with Gasteiger partial charge < -0.3 is 25.7 Å². The molecular formula is C28H49NO5. The summed E-state index contributed by atoms with van der Waals surface area (Å²) in [5.41, 5.74) is -0.832. The molecule has 4 aliphatic carbocycles. The molecule has 0 aromatic carbocycles. The van der Waals surface area contributed by atoms with Crippen LogP contribution in [0, 0.1) is 46.3 Å². The summed E-state index contributed by atoms with van der Waals surface area (Å²) in [6.07, 6.45) is 9.23. The maximum atomic E-state index is 12.5. The molecule has 0 bridgehead atoms. The molecule has 6 heteroatoms. The number of aliphatic hydroxyl groups excluding tert-OH is 4. The lowest BCUT2D eigenvalue weighted by Gasteiger charge is -2.62. The third-order valence-electron chi connectivity index (χ3n) is 11.5. The second kappa shape index (κ2) is 9.64. The van der Waals surface area contributed by atoms with Crippen LogP contribution in [0.15, 0.2) is 0 Å². The van der Waals surface area contributed by atoms with Crippen LogP contribution in [-0.4, -0.2) is 57.3 Å². The zero-order valence-electron chi connectivity index (χ0n) is 21.8. The van der Waals surface area contributed by atoms with Crippen molar-refractivity contribution in [1.82, 2.24) is 5.32 Å². The minimum Gasteiger partial charge on any atom is -0.394 e. The maximum Gasteiger partial charge on any atom is 0.220 e. The normalized spacial score (nSPS) is 45.1. The minimum absolute atomic E-state index is 0.0981. The Balaban J connectivity index is 1.43. The number of carbonyl (C=O) groups is 1. The highest BCUT2D eigenvalue weighted by atomic mass is 16.3. The molecule has 0 heterocycles. The van der Waals surface area contributed by atoms with Gasteiger partial charge in [-0.2, -0.15) is 0 Å². The van der Waals surface area contributed by atoms with E-state index in [9.17, 15) is 25.2 Å². The molecule has 1 amide bonds. The van der Waals surface area contributed by atoms with E-state index in [0.717, 1.165) is 38.5 Å². The Labute approximate surface area is 205 Å². The number of fused-ring (bicyclic) bond motifs is 5. The SMILES string of the molecule is C[C@H](CCC(=O)NC(C)(CO)CO)[C@H]1CC[C@H]2[C@@H]3CC[C@@H]4C[C@H](O)CC[C@]4(C)[C@H]3C[C@H](O)[C@]12C. The van der Waals surface area contributed by atoms with E-state index in [1.165, 1.54) is 19.3 Å². The summed E-state index contributed by atoms with van der Waals surface area (Å²) in [6, 6.07) is 0. The quantitative estimate of drug-likeness (QED) is 0.385. The van der Waals surface area contributed by atoms with Gasteiger partial charge in [-0.25, -0.2) is 0 Å². The van der Waals surface area contributed by atoms with E-state index < -0.39 is 5.54 Å². The van der Waals surface area contributed by atoms with Gasteiger partial charge in [-0.15, -0.1) is 0 Å². The van der Waals surface area contributed by atoms with E-state index in [0.29, 0.717) is 41.9 Å². The number of hydrogen-bond acceptors (Lipinski definition) is 5. The average molecular weight is 480 g/mol. The predicted molar refractivity (Wildman–Crippen MR) is 132 cm³/mol. The summed E-state index contributed by atoms with van der Waals surface area (Å²) in [5, 5.41) is 43.6. The Morgan fingerprint density at radius 3 is 2.41 bits per heavy atom. The van der Waals surface area contributed by atoms with Gasteiger partial charge in [0.05, 0.1) is 31.0 Å². The predicted octanol–water partition coefficient (Wildman–Crippen LogP) is 3.25. The van der Waals surface area contributed by atoms with Gasteiger partial charge in [0.25, 0.3) is 0 Å². The summed E-state index contributed by atoms with van der Waals surface area (Å²) in [4.78, 5) is 12.5. The lowest BCUT2D eigenvalue weighted by atomic mass is 9.43. The molecule has 4 rings (SSSR count). The molecule has 5 N–H and O–H groups in total. The van der Waals surface area contributed by atoms with Crippen molar-refractivity contribution in [3.8, 4) is 0 Å². The highest BCUT2D eigenvalue weighted by Crippen LogP contribution is 2.68. The zero-order chi connectivity index (χ0) is 24.9. The average Bonchev–Trinajstić information content (AvgIpc) is 3.17. The Hall–Kier alpha value is -0.690. The van der Waals surface area contributed by atoms with Crippen molar-refractivity contribution in [3.05, 3.63) is 0 Å². The maximum absolute atomic E-state index is 12.5. The van der Waals surface area contributed by atoms with Crippen molar-refractivity contribution in [2.45, 2.75) is 110 Å². The van der Waals surface area contributed by atoms with Crippen LogP contribution in [0.2, 0.25) is 0 Å². The molecule has 0 saturated heterocycles. The van der Waals surface area contributed by atoms with Crippen LogP contribution in [-0.2, 0) is 4.79 Å². The monoisotopic (exact) mass is 479 g/mol. The van der Waals surface area contributed by atoms with Gasteiger partial charge in [-0.1, -0.05) is 20.8 Å². The fourth-order valence-electron chi connectivity index (χ4n) is 9.25. The van der Waals surface area contributed by atoms with E-state index in [4.69, 9.17) is 0 Å². The molecule has 4 saturated carbocycles. The van der Waals surface area contributed by atoms with Crippen molar-refractivity contribution >= 4 is 5.91 Å². The van der Waals surface area contributed by atoms with E-state index >= 15 is 0 Å². The van der Waals surface area contributed by atoms with Gasteiger partial charge in [0, 0.05) is 6.42 Å². The van der Waals surface area contributed by atoms with Crippen LogP contribution in [0.25, 0.3) is 0 Å². The molecule has 4 fully saturated rings. The van der Waals surface area contributed by atoms with Crippen molar-refractivity contribution in [3.63, 3.8) is 0 Å². The van der Waals surface area contributed by atoms with Gasteiger partial charge in [-0.05, 0) is 111 Å². The standard InChI is InChI=1S/C28H49NO5/c1-17(5-10-25(34)29-26(2,15-30)16-31)21-8-9-22-20-7-6-18-13-19(32)11-12-27(18,3)23(20)14-24(33)28(21,22)4/h17-24,30-33H,5-16H2,1-4H3,(H,29,34)/t17-,18-,19-,20+,21-,22+,23+,24+,27+,28-/m1/s1. The van der Waals surface area contributed by atoms with E-state index in [-0.39, 0.29) is 42.2 Å². The molecule has 10 atom stereocenters. The van der Waals surface area contributed by atoms with E-state index in [1.807, 2.05) is 0 Å². The van der Waals surface area contributed by atoms with Crippen LogP contribution in [0.4, 0.5) is 0 Å². The zero-order valence-corrected chi connectivity index (χ0v) is 21.8. The lowest BCUT2D eigenvalue weighted by molar-refractivity contribution is -0.175. The van der Waals surface area contributed by atoms with Crippen molar-refractivity contribution in [1.29, 1.82) is 0 Å². The summed E-state index contributed by atoms with van der Waals surface area (Å²) in [7, 11) is 0. The topological polar surface area (TPSA) is 110 Å². The highest BCUT2D eigenvalue weighted by molar-refractivity contribution is 5.76. The molecule has 0 aliphatic heterocycles. The van der Waals surface area contributed by atoms with Crippen molar-refractivity contribution < 1.29 is 25.2 Å². The molecule has 6 nitrogen and oxygen atoms in total. The van der Waals surface area contributed by atoms with Gasteiger partial charge in [0.1, 0.15) is 0 Å². The molecule has 196 valence electrons. The first kappa shape index (κ1) is 26.4. The van der Waals surface area contributed by atoms with Crippen LogP contribution in [0.3, 0.4) is 0 Å². The Morgan fingerprint density at radius 1 is 1.03 bits per heavy atom. The second-order valence-corrected chi connectivity index (χ2v) is 13.3. The molecule has 0 spiro atoms. The first-order chi connectivity index (χ1) is 16.0. The number of hydrogen-bond donors (Lipinski definition) is 5. The number of carbonyl (C=O) groups excluding carboxylic acids is 1. The first-order valence-corrected chi connectivity index (χ1v) is 13.9. The van der Waals surface area contributed by atoms with Gasteiger partial charge >= 0.3 is 0 Å². The molecule has 0 radical (unpaired) electrons. The first-order valence-electron chi connectivity index (χ1n) is 13.9. The summed E-state index contributed by atoms with van der Waals surface area (Å²) in [6.45, 7) is 8.09. The number of rotatable bonds is 7. The smallest absolute Gasteiger partial charge is 0.220 e. The molecule has 34 heavy (non-hydrogen) atoms. The van der Waals surface area contributed by atoms with E-state index in [1.54, 1.807) is 6.92 Å². The molecular weight excluding hydrogens is 430 g/mol. The third kappa shape index (κ3) is 4.35. The highest BCUT2D eigenvalue weighted by Gasteiger charge is 2.63. The second-order valence-electron chi connectivity index (χ2n) is 13.3. The lowest BCUT2D eigenvalue weighted by Crippen LogP contribution is -2.58. The number of nitrogens with one attached hydrogen (secondary N) is 1. The van der Waals surface area contributed by atoms with Crippen LogP contribution < -0.4 is 5.32 Å². The number of aliphatic hydroxyl groups is 4. The fraction of sp³-hybridized carbons (Fsp3) is 0.964. The minimum atomic E-state index is -0.983.